The van der Waals surface area contributed by atoms with Crippen LogP contribution in [0.3, 0.4) is 0 Å². The van der Waals surface area contributed by atoms with Crippen LogP contribution in [0.2, 0.25) is 0 Å². The van der Waals surface area contributed by atoms with E-state index in [4.69, 9.17) is 25.5 Å². The zero-order chi connectivity index (χ0) is 21.3. The Bertz CT molecular complexity index is 910. The second-order valence-electron chi connectivity index (χ2n) is 5.49. The zero-order valence-electron chi connectivity index (χ0n) is 15.2. The number of hydrogen-bond acceptors (Lipinski definition) is 7. The molecule has 28 heavy (non-hydrogen) atoms. The fourth-order valence-corrected chi connectivity index (χ4v) is 1.82. The maximum Gasteiger partial charge on any atom is 0.331 e. The summed E-state index contributed by atoms with van der Waals surface area (Å²) in [5.41, 5.74) is 1.29. The molecule has 0 aliphatic heterocycles. The molecule has 0 aromatic heterocycles. The number of carboxylic acid groups (broad SMARTS) is 1. The van der Waals surface area contributed by atoms with Crippen LogP contribution >= 0.6 is 0 Å². The number of aromatic hydroxyl groups is 4. The second kappa shape index (κ2) is 10.3. The number of rotatable bonds is 4. The van der Waals surface area contributed by atoms with E-state index in [-0.39, 0.29) is 28.6 Å². The van der Waals surface area contributed by atoms with Crippen LogP contribution < -0.4 is 0 Å². The number of aliphatic carboxylic acids is 1. The molecule has 0 unspecified atom stereocenters. The largest absolute Gasteiger partial charge is 0.504 e. The number of carbonyl (C=O) groups excluding carboxylic acids is 1. The van der Waals surface area contributed by atoms with Gasteiger partial charge in [-0.1, -0.05) is 12.1 Å². The Balaban J connectivity index is 0.000000280. The predicted molar refractivity (Wildman–Crippen MR) is 102 cm³/mol. The van der Waals surface area contributed by atoms with Crippen LogP contribution in [0.15, 0.2) is 48.0 Å². The van der Waals surface area contributed by atoms with Crippen molar-refractivity contribution in [3.63, 3.8) is 0 Å². The van der Waals surface area contributed by atoms with E-state index in [0.29, 0.717) is 11.1 Å². The van der Waals surface area contributed by atoms with Gasteiger partial charge >= 0.3 is 11.9 Å². The molecule has 2 aromatic rings. The summed E-state index contributed by atoms with van der Waals surface area (Å²) < 4.78 is 4.39. The smallest absolute Gasteiger partial charge is 0.331 e. The monoisotopic (exact) mass is 388 g/mol. The topological polar surface area (TPSA) is 145 Å². The third-order valence-electron chi connectivity index (χ3n) is 3.33. The number of carbonyl (C=O) groups is 2. The molecule has 2 rings (SSSR count). The highest BCUT2D eigenvalue weighted by Gasteiger charge is 2.02. The minimum atomic E-state index is -1.02. The Morgan fingerprint density at radius 1 is 0.857 bits per heavy atom. The molecule has 0 atom stereocenters. The molecule has 0 aliphatic carbocycles. The minimum absolute atomic E-state index is 0.162. The standard InChI is InChI=1S/2C10H10O4/c1-14-10(13)5-3-7-2-4-8(11)9(12)6-7;1-6(10(13)14)4-7-2-3-8(11)9(12)5-7/h2-6,11-12H,1H3;2-5,11-12H,1H3,(H,13,14). The summed E-state index contributed by atoms with van der Waals surface area (Å²) in [6.07, 6.45) is 4.11. The van der Waals surface area contributed by atoms with Gasteiger partial charge in [0.2, 0.25) is 0 Å². The highest BCUT2D eigenvalue weighted by molar-refractivity contribution is 5.91. The molecule has 8 nitrogen and oxygen atoms in total. The van der Waals surface area contributed by atoms with Crippen molar-refractivity contribution in [1.82, 2.24) is 0 Å². The van der Waals surface area contributed by atoms with Crippen molar-refractivity contribution >= 4 is 24.1 Å². The SMILES string of the molecule is CC(=Cc1ccc(O)c(O)c1)C(=O)O.COC(=O)C=Cc1ccc(O)c(O)c1. The second-order valence-corrected chi connectivity index (χ2v) is 5.49. The lowest BCUT2D eigenvalue weighted by Gasteiger charge is -1.99. The van der Waals surface area contributed by atoms with Gasteiger partial charge in [0.25, 0.3) is 0 Å². The van der Waals surface area contributed by atoms with Gasteiger partial charge in [-0.05, 0) is 54.5 Å². The number of esters is 1. The zero-order valence-corrected chi connectivity index (χ0v) is 15.2. The number of methoxy groups -OCH3 is 1. The molecule has 0 amide bonds. The van der Waals surface area contributed by atoms with Gasteiger partial charge in [0, 0.05) is 11.6 Å². The molecule has 0 radical (unpaired) electrons. The van der Waals surface area contributed by atoms with Gasteiger partial charge < -0.3 is 30.3 Å². The summed E-state index contributed by atoms with van der Waals surface area (Å²) >= 11 is 0. The van der Waals surface area contributed by atoms with E-state index in [0.717, 1.165) is 0 Å². The van der Waals surface area contributed by atoms with E-state index in [2.05, 4.69) is 4.74 Å². The van der Waals surface area contributed by atoms with Crippen molar-refractivity contribution in [3.8, 4) is 23.0 Å². The molecule has 0 saturated carbocycles. The number of hydrogen-bond donors (Lipinski definition) is 5. The summed E-state index contributed by atoms with van der Waals surface area (Å²) in [6, 6.07) is 8.36. The molecular formula is C20H20O8. The molecule has 148 valence electrons. The number of phenols is 4. The summed E-state index contributed by atoms with van der Waals surface area (Å²) in [6.45, 7) is 1.45. The average molecular weight is 388 g/mol. The average Bonchev–Trinajstić information content (AvgIpc) is 2.65. The highest BCUT2D eigenvalue weighted by atomic mass is 16.5. The van der Waals surface area contributed by atoms with Gasteiger partial charge in [-0.15, -0.1) is 0 Å². The third kappa shape index (κ3) is 7.12. The molecule has 0 bridgehead atoms. The first kappa shape index (κ1) is 22.1. The van der Waals surface area contributed by atoms with E-state index < -0.39 is 11.9 Å². The predicted octanol–water partition coefficient (Wildman–Crippen LogP) is 2.87. The number of carboxylic acids is 1. The fourth-order valence-electron chi connectivity index (χ4n) is 1.82. The van der Waals surface area contributed by atoms with Crippen molar-refractivity contribution in [2.45, 2.75) is 6.92 Å². The Kier molecular flexibility index (Phi) is 8.10. The molecule has 0 aliphatic rings. The number of benzene rings is 2. The Hall–Kier alpha value is -3.94. The molecule has 5 N–H and O–H groups in total. The first-order chi connectivity index (χ1) is 13.1. The lowest BCUT2D eigenvalue weighted by Crippen LogP contribution is -1.95. The first-order valence-corrected chi connectivity index (χ1v) is 7.85. The van der Waals surface area contributed by atoms with E-state index in [1.807, 2.05) is 0 Å². The molecule has 0 heterocycles. The number of phenolic OH excluding ortho intramolecular Hbond substituents is 4. The van der Waals surface area contributed by atoms with Gasteiger partial charge in [-0.25, -0.2) is 9.59 Å². The van der Waals surface area contributed by atoms with E-state index in [1.54, 1.807) is 6.07 Å². The summed E-state index contributed by atoms with van der Waals surface area (Å²) in [7, 11) is 1.28. The van der Waals surface area contributed by atoms with E-state index >= 15 is 0 Å². The van der Waals surface area contributed by atoms with Crippen molar-refractivity contribution in [2.24, 2.45) is 0 Å². The molecular weight excluding hydrogens is 368 g/mol. The summed E-state index contributed by atoms with van der Waals surface area (Å²) in [4.78, 5) is 21.2. The van der Waals surface area contributed by atoms with Gasteiger partial charge in [-0.2, -0.15) is 0 Å². The molecule has 2 aromatic carbocycles. The van der Waals surface area contributed by atoms with Crippen molar-refractivity contribution in [3.05, 3.63) is 59.2 Å². The quantitative estimate of drug-likeness (QED) is 0.305. The minimum Gasteiger partial charge on any atom is -0.504 e. The third-order valence-corrected chi connectivity index (χ3v) is 3.33. The first-order valence-electron chi connectivity index (χ1n) is 7.85. The summed E-state index contributed by atoms with van der Waals surface area (Å²) in [5, 5.41) is 44.8. The molecule has 8 heteroatoms. The van der Waals surface area contributed by atoms with Crippen LogP contribution in [0.4, 0.5) is 0 Å². The van der Waals surface area contributed by atoms with Crippen LogP contribution in [0.1, 0.15) is 18.1 Å². The van der Waals surface area contributed by atoms with E-state index in [1.165, 1.54) is 62.6 Å². The van der Waals surface area contributed by atoms with Crippen LogP contribution in [0.5, 0.6) is 23.0 Å². The van der Waals surface area contributed by atoms with Gasteiger partial charge in [0.05, 0.1) is 7.11 Å². The lowest BCUT2D eigenvalue weighted by molar-refractivity contribution is -0.135. The van der Waals surface area contributed by atoms with Crippen molar-refractivity contribution in [2.75, 3.05) is 7.11 Å². The van der Waals surface area contributed by atoms with Crippen LogP contribution in [0, 0.1) is 0 Å². The molecule has 0 spiro atoms. The fraction of sp³-hybridized carbons (Fsp3) is 0.100. The van der Waals surface area contributed by atoms with E-state index in [9.17, 15) is 9.59 Å². The Morgan fingerprint density at radius 2 is 1.36 bits per heavy atom. The number of ether oxygens (including phenoxy) is 1. The molecule has 0 fully saturated rings. The highest BCUT2D eigenvalue weighted by Crippen LogP contribution is 2.26. The normalized spacial score (nSPS) is 10.9. The summed E-state index contributed by atoms with van der Waals surface area (Å²) in [5.74, 6) is -2.40. The Labute approximate surface area is 160 Å². The van der Waals surface area contributed by atoms with Gasteiger partial charge in [0.15, 0.2) is 23.0 Å². The van der Waals surface area contributed by atoms with Gasteiger partial charge in [-0.3, -0.25) is 0 Å². The van der Waals surface area contributed by atoms with Crippen molar-refractivity contribution in [1.29, 1.82) is 0 Å². The molecule has 0 saturated heterocycles. The van der Waals surface area contributed by atoms with Crippen molar-refractivity contribution < 1.29 is 39.9 Å². The van der Waals surface area contributed by atoms with Crippen LogP contribution in [-0.4, -0.2) is 44.6 Å². The lowest BCUT2D eigenvalue weighted by atomic mass is 10.1. The Morgan fingerprint density at radius 3 is 1.82 bits per heavy atom. The van der Waals surface area contributed by atoms with Crippen LogP contribution in [-0.2, 0) is 14.3 Å². The maximum absolute atomic E-state index is 10.7. The maximum atomic E-state index is 10.7. The van der Waals surface area contributed by atoms with Gasteiger partial charge in [0.1, 0.15) is 0 Å². The van der Waals surface area contributed by atoms with Crippen LogP contribution in [0.25, 0.3) is 12.2 Å².